The second kappa shape index (κ2) is 6.03. The van der Waals surface area contributed by atoms with Crippen LogP contribution in [0.2, 0.25) is 0 Å². The van der Waals surface area contributed by atoms with Crippen LogP contribution in [0.25, 0.3) is 0 Å². The van der Waals surface area contributed by atoms with E-state index in [-0.39, 0.29) is 5.56 Å². The van der Waals surface area contributed by atoms with Gasteiger partial charge in [0.1, 0.15) is 11.6 Å². The molecule has 1 aromatic carbocycles. The first kappa shape index (κ1) is 13.8. The van der Waals surface area contributed by atoms with E-state index in [1.54, 1.807) is 19.2 Å². The first-order chi connectivity index (χ1) is 9.13. The average Bonchev–Trinajstić information content (AvgIpc) is 2.86. The summed E-state index contributed by atoms with van der Waals surface area (Å²) in [7, 11) is 1.55. The SMILES string of the molecule is CCc1nsc(Sc2cc(OC)ccc2C(=O)O)n1. The minimum atomic E-state index is -0.967. The van der Waals surface area contributed by atoms with Gasteiger partial charge >= 0.3 is 5.97 Å². The predicted molar refractivity (Wildman–Crippen MR) is 73.4 cm³/mol. The van der Waals surface area contributed by atoms with Crippen molar-refractivity contribution < 1.29 is 14.6 Å². The number of rotatable bonds is 5. The molecular weight excluding hydrogens is 284 g/mol. The van der Waals surface area contributed by atoms with E-state index in [0.717, 1.165) is 16.6 Å². The van der Waals surface area contributed by atoms with Crippen molar-refractivity contribution in [1.29, 1.82) is 0 Å². The van der Waals surface area contributed by atoms with Gasteiger partial charge in [-0.25, -0.2) is 9.78 Å². The molecule has 1 heterocycles. The topological polar surface area (TPSA) is 72.3 Å². The second-order valence-electron chi connectivity index (χ2n) is 3.60. The van der Waals surface area contributed by atoms with Gasteiger partial charge in [0.25, 0.3) is 0 Å². The van der Waals surface area contributed by atoms with Crippen LogP contribution in [0.5, 0.6) is 5.75 Å². The number of benzene rings is 1. The van der Waals surface area contributed by atoms with Crippen molar-refractivity contribution in [3.63, 3.8) is 0 Å². The second-order valence-corrected chi connectivity index (χ2v) is 5.64. The fourth-order valence-electron chi connectivity index (χ4n) is 1.41. The number of aryl methyl sites for hydroxylation is 1. The first-order valence-corrected chi connectivity index (χ1v) is 7.14. The van der Waals surface area contributed by atoms with E-state index in [4.69, 9.17) is 4.74 Å². The predicted octanol–water partition coefficient (Wildman–Crippen LogP) is 2.96. The van der Waals surface area contributed by atoms with Gasteiger partial charge in [-0.15, -0.1) is 0 Å². The first-order valence-electron chi connectivity index (χ1n) is 5.55. The van der Waals surface area contributed by atoms with E-state index in [0.29, 0.717) is 10.6 Å². The number of carboxylic acid groups (broad SMARTS) is 1. The summed E-state index contributed by atoms with van der Waals surface area (Å²) in [5.74, 6) is 0.422. The Labute approximate surface area is 118 Å². The van der Waals surface area contributed by atoms with Gasteiger partial charge in [0, 0.05) is 11.3 Å². The van der Waals surface area contributed by atoms with E-state index >= 15 is 0 Å². The maximum atomic E-state index is 11.2. The van der Waals surface area contributed by atoms with Crippen LogP contribution in [0.3, 0.4) is 0 Å². The minimum absolute atomic E-state index is 0.235. The molecule has 0 amide bonds. The molecule has 0 aliphatic heterocycles. The van der Waals surface area contributed by atoms with Gasteiger partial charge in [-0.2, -0.15) is 4.37 Å². The molecule has 0 saturated heterocycles. The van der Waals surface area contributed by atoms with Crippen LogP contribution in [0, 0.1) is 0 Å². The van der Waals surface area contributed by atoms with Gasteiger partial charge in [0.2, 0.25) is 0 Å². The molecule has 0 bridgehead atoms. The minimum Gasteiger partial charge on any atom is -0.497 e. The zero-order chi connectivity index (χ0) is 13.8. The number of nitrogens with zero attached hydrogens (tertiary/aromatic N) is 2. The zero-order valence-electron chi connectivity index (χ0n) is 10.4. The highest BCUT2D eigenvalue weighted by Gasteiger charge is 2.14. The summed E-state index contributed by atoms with van der Waals surface area (Å²) in [6, 6.07) is 4.86. The Balaban J connectivity index is 2.33. The molecule has 100 valence electrons. The molecule has 0 spiro atoms. The molecule has 1 aromatic heterocycles. The van der Waals surface area contributed by atoms with Crippen LogP contribution in [0.15, 0.2) is 27.4 Å². The van der Waals surface area contributed by atoms with Crippen LogP contribution < -0.4 is 4.74 Å². The van der Waals surface area contributed by atoms with Crippen LogP contribution in [0.1, 0.15) is 23.1 Å². The molecule has 2 aromatic rings. The molecule has 2 rings (SSSR count). The Morgan fingerprint density at radius 1 is 1.53 bits per heavy atom. The van der Waals surface area contributed by atoms with Gasteiger partial charge in [-0.05, 0) is 29.7 Å². The molecule has 0 aliphatic rings. The molecule has 0 saturated carbocycles. The lowest BCUT2D eigenvalue weighted by Crippen LogP contribution is -1.99. The number of ether oxygens (including phenoxy) is 1. The van der Waals surface area contributed by atoms with Crippen molar-refractivity contribution in [2.24, 2.45) is 0 Å². The fourth-order valence-corrected chi connectivity index (χ4v) is 3.22. The smallest absolute Gasteiger partial charge is 0.336 e. The third-order valence-corrected chi connectivity index (χ3v) is 4.23. The van der Waals surface area contributed by atoms with Crippen molar-refractivity contribution in [3.8, 4) is 5.75 Å². The summed E-state index contributed by atoms with van der Waals surface area (Å²) in [5, 5.41) is 9.17. The lowest BCUT2D eigenvalue weighted by Gasteiger charge is -2.06. The fraction of sp³-hybridized carbons (Fsp3) is 0.250. The Bertz CT molecular complexity index is 598. The average molecular weight is 296 g/mol. The highest BCUT2D eigenvalue weighted by molar-refractivity contribution is 8.01. The summed E-state index contributed by atoms with van der Waals surface area (Å²) < 4.78 is 10.0. The summed E-state index contributed by atoms with van der Waals surface area (Å²) in [5.41, 5.74) is 0.235. The zero-order valence-corrected chi connectivity index (χ0v) is 12.0. The number of carboxylic acids is 1. The molecule has 7 heteroatoms. The van der Waals surface area contributed by atoms with Crippen molar-refractivity contribution in [2.75, 3.05) is 7.11 Å². The monoisotopic (exact) mass is 296 g/mol. The molecule has 19 heavy (non-hydrogen) atoms. The molecule has 0 fully saturated rings. The van der Waals surface area contributed by atoms with Crippen molar-refractivity contribution >= 4 is 29.3 Å². The van der Waals surface area contributed by atoms with Gasteiger partial charge in [-0.1, -0.05) is 18.7 Å². The molecule has 0 radical (unpaired) electrons. The van der Waals surface area contributed by atoms with Gasteiger partial charge < -0.3 is 9.84 Å². The molecular formula is C12H12N2O3S2. The maximum Gasteiger partial charge on any atom is 0.336 e. The number of hydrogen-bond donors (Lipinski definition) is 1. The normalized spacial score (nSPS) is 10.4. The summed E-state index contributed by atoms with van der Waals surface area (Å²) in [6.07, 6.45) is 0.765. The molecule has 0 atom stereocenters. The van der Waals surface area contributed by atoms with Crippen molar-refractivity contribution in [1.82, 2.24) is 9.36 Å². The molecule has 1 N–H and O–H groups in total. The van der Waals surface area contributed by atoms with E-state index in [1.807, 2.05) is 6.92 Å². The molecule has 5 nitrogen and oxygen atoms in total. The number of hydrogen-bond acceptors (Lipinski definition) is 6. The Kier molecular flexibility index (Phi) is 4.39. The van der Waals surface area contributed by atoms with Crippen LogP contribution in [0.4, 0.5) is 0 Å². The number of carbonyl (C=O) groups is 1. The van der Waals surface area contributed by atoms with Crippen LogP contribution in [-0.4, -0.2) is 27.5 Å². The van der Waals surface area contributed by atoms with E-state index < -0.39 is 5.97 Å². The third kappa shape index (κ3) is 3.24. The molecule has 0 unspecified atom stereocenters. The summed E-state index contributed by atoms with van der Waals surface area (Å²) >= 11 is 2.56. The quantitative estimate of drug-likeness (QED) is 0.914. The number of aromatic carboxylic acids is 1. The summed E-state index contributed by atoms with van der Waals surface area (Å²) in [4.78, 5) is 16.1. The molecule has 0 aliphatic carbocycles. The highest BCUT2D eigenvalue weighted by Crippen LogP contribution is 2.34. The van der Waals surface area contributed by atoms with E-state index in [9.17, 15) is 9.90 Å². The standard InChI is InChI=1S/C12H12N2O3S2/c1-3-10-13-12(19-14-10)18-9-6-7(17-2)4-5-8(9)11(15)16/h4-6H,3H2,1-2H3,(H,15,16). The van der Waals surface area contributed by atoms with Gasteiger partial charge in [0.05, 0.1) is 12.7 Å². The van der Waals surface area contributed by atoms with Crippen LogP contribution in [-0.2, 0) is 6.42 Å². The van der Waals surface area contributed by atoms with E-state index in [2.05, 4.69) is 9.36 Å². The van der Waals surface area contributed by atoms with Crippen molar-refractivity contribution in [2.45, 2.75) is 22.6 Å². The van der Waals surface area contributed by atoms with Crippen LogP contribution >= 0.6 is 23.3 Å². The van der Waals surface area contributed by atoms with Crippen molar-refractivity contribution in [3.05, 3.63) is 29.6 Å². The van der Waals surface area contributed by atoms with E-state index in [1.165, 1.54) is 29.4 Å². The lowest BCUT2D eigenvalue weighted by molar-refractivity contribution is 0.0693. The third-order valence-electron chi connectivity index (χ3n) is 2.38. The van der Waals surface area contributed by atoms with Gasteiger partial charge in [0.15, 0.2) is 4.34 Å². The Morgan fingerprint density at radius 2 is 2.32 bits per heavy atom. The van der Waals surface area contributed by atoms with Gasteiger partial charge in [-0.3, -0.25) is 0 Å². The lowest BCUT2D eigenvalue weighted by atomic mass is 10.2. The maximum absolute atomic E-state index is 11.2. The Hall–Kier alpha value is -1.60. The summed E-state index contributed by atoms with van der Waals surface area (Å²) in [6.45, 7) is 1.98. The highest BCUT2D eigenvalue weighted by atomic mass is 32.2. The number of methoxy groups -OCH3 is 1. The number of aromatic nitrogens is 2. The Morgan fingerprint density at radius 3 is 2.89 bits per heavy atom. The largest absolute Gasteiger partial charge is 0.497 e.